The summed E-state index contributed by atoms with van der Waals surface area (Å²) in [7, 11) is 3.40. The van der Waals surface area contributed by atoms with E-state index in [1.54, 1.807) is 14.2 Å². The molecule has 3 aromatic rings. The summed E-state index contributed by atoms with van der Waals surface area (Å²) in [5.74, 6) is 2.19. The lowest BCUT2D eigenvalue weighted by atomic mass is 10.2. The largest absolute Gasteiger partial charge is 0.493 e. The third-order valence-electron chi connectivity index (χ3n) is 4.21. The lowest BCUT2D eigenvalue weighted by Gasteiger charge is -2.19. The van der Waals surface area contributed by atoms with E-state index in [1.165, 1.54) is 5.39 Å². The minimum Gasteiger partial charge on any atom is -0.493 e. The van der Waals surface area contributed by atoms with Gasteiger partial charge < -0.3 is 25.1 Å². The predicted octanol–water partition coefficient (Wildman–Crippen LogP) is 3.31. The van der Waals surface area contributed by atoms with Gasteiger partial charge in [0, 0.05) is 18.3 Å². The van der Waals surface area contributed by atoms with Crippen molar-refractivity contribution in [3.63, 3.8) is 0 Å². The molecule has 142 valence electrons. The highest BCUT2D eigenvalue weighted by molar-refractivity contribution is 5.81. The van der Waals surface area contributed by atoms with Gasteiger partial charge in [-0.25, -0.2) is 0 Å². The standard InChI is InChI=1S/C21H26N4O2/c1-15(27-20-11-7-6-10-19(20)26-3)13-23-21(22-2)24-14-17-12-16-8-4-5-9-18(16)25-17/h4-12,15,25H,13-14H2,1-3H3,(H2,22,23,24). The van der Waals surface area contributed by atoms with Crippen LogP contribution in [0.3, 0.4) is 0 Å². The molecular weight excluding hydrogens is 340 g/mol. The Hall–Kier alpha value is -3.15. The third-order valence-corrected chi connectivity index (χ3v) is 4.21. The van der Waals surface area contributed by atoms with Crippen LogP contribution in [0.4, 0.5) is 0 Å². The molecule has 2 aromatic carbocycles. The summed E-state index contributed by atoms with van der Waals surface area (Å²) < 4.78 is 11.3. The molecule has 1 heterocycles. The van der Waals surface area contributed by atoms with E-state index in [-0.39, 0.29) is 6.10 Å². The van der Waals surface area contributed by atoms with E-state index in [0.717, 1.165) is 28.7 Å². The molecule has 1 unspecified atom stereocenters. The minimum atomic E-state index is -0.0482. The fraction of sp³-hybridized carbons (Fsp3) is 0.286. The van der Waals surface area contributed by atoms with Crippen LogP contribution in [0.25, 0.3) is 10.9 Å². The zero-order valence-electron chi connectivity index (χ0n) is 16.0. The molecule has 0 saturated heterocycles. The molecule has 1 atom stereocenters. The molecule has 0 saturated carbocycles. The zero-order chi connectivity index (χ0) is 19.1. The van der Waals surface area contributed by atoms with E-state index in [4.69, 9.17) is 9.47 Å². The Kier molecular flexibility index (Phi) is 6.20. The Bertz CT molecular complexity index is 871. The van der Waals surface area contributed by atoms with Crippen LogP contribution in [-0.2, 0) is 6.54 Å². The topological polar surface area (TPSA) is 70.7 Å². The number of ether oxygens (including phenoxy) is 2. The van der Waals surface area contributed by atoms with Crippen LogP contribution in [0, 0.1) is 0 Å². The number of aromatic nitrogens is 1. The van der Waals surface area contributed by atoms with Crippen molar-refractivity contribution in [3.8, 4) is 11.5 Å². The maximum atomic E-state index is 5.96. The van der Waals surface area contributed by atoms with Gasteiger partial charge in [-0.1, -0.05) is 30.3 Å². The number of rotatable bonds is 7. The summed E-state index contributed by atoms with van der Waals surface area (Å²) in [6, 6.07) is 18.0. The van der Waals surface area contributed by atoms with Crippen molar-refractivity contribution in [1.82, 2.24) is 15.6 Å². The Morgan fingerprint density at radius 3 is 2.56 bits per heavy atom. The first-order valence-corrected chi connectivity index (χ1v) is 9.00. The first kappa shape index (κ1) is 18.6. The summed E-state index contributed by atoms with van der Waals surface area (Å²) in [6.45, 7) is 3.28. The molecule has 0 aliphatic carbocycles. The van der Waals surface area contributed by atoms with E-state index in [1.807, 2.05) is 43.3 Å². The highest BCUT2D eigenvalue weighted by Crippen LogP contribution is 2.26. The van der Waals surface area contributed by atoms with Gasteiger partial charge in [0.2, 0.25) is 0 Å². The molecule has 0 spiro atoms. The van der Waals surface area contributed by atoms with E-state index >= 15 is 0 Å². The maximum absolute atomic E-state index is 5.96. The van der Waals surface area contributed by atoms with Crippen LogP contribution in [0.2, 0.25) is 0 Å². The van der Waals surface area contributed by atoms with E-state index in [0.29, 0.717) is 13.1 Å². The van der Waals surface area contributed by atoms with Crippen molar-refractivity contribution in [1.29, 1.82) is 0 Å². The number of aliphatic imine (C=N–C) groups is 1. The zero-order valence-corrected chi connectivity index (χ0v) is 16.0. The Morgan fingerprint density at radius 1 is 1.07 bits per heavy atom. The molecule has 6 nitrogen and oxygen atoms in total. The predicted molar refractivity (Wildman–Crippen MR) is 110 cm³/mol. The molecule has 0 aliphatic heterocycles. The van der Waals surface area contributed by atoms with Crippen molar-refractivity contribution in [2.24, 2.45) is 4.99 Å². The van der Waals surface area contributed by atoms with Gasteiger partial charge in [-0.05, 0) is 36.6 Å². The van der Waals surface area contributed by atoms with Crippen molar-refractivity contribution < 1.29 is 9.47 Å². The minimum absolute atomic E-state index is 0.0482. The number of benzene rings is 2. The van der Waals surface area contributed by atoms with Crippen LogP contribution in [0.1, 0.15) is 12.6 Å². The van der Waals surface area contributed by atoms with Gasteiger partial charge in [-0.2, -0.15) is 0 Å². The van der Waals surface area contributed by atoms with Crippen LogP contribution in [-0.4, -0.2) is 37.7 Å². The van der Waals surface area contributed by atoms with Crippen molar-refractivity contribution in [2.45, 2.75) is 19.6 Å². The second-order valence-corrected chi connectivity index (χ2v) is 6.27. The van der Waals surface area contributed by atoms with Crippen LogP contribution in [0.15, 0.2) is 59.6 Å². The molecule has 0 fully saturated rings. The molecule has 0 amide bonds. The summed E-state index contributed by atoms with van der Waals surface area (Å²) in [6.07, 6.45) is -0.0482. The molecule has 3 rings (SSSR count). The number of hydrogen-bond donors (Lipinski definition) is 3. The SMILES string of the molecule is CN=C(NCc1cc2ccccc2[nH]1)NCC(C)Oc1ccccc1OC. The summed E-state index contributed by atoms with van der Waals surface area (Å²) in [5, 5.41) is 7.81. The molecule has 0 aliphatic rings. The monoisotopic (exact) mass is 366 g/mol. The first-order chi connectivity index (χ1) is 13.2. The van der Waals surface area contributed by atoms with Gasteiger partial charge >= 0.3 is 0 Å². The van der Waals surface area contributed by atoms with Gasteiger partial charge in [-0.3, -0.25) is 4.99 Å². The average Bonchev–Trinajstić information content (AvgIpc) is 3.11. The van der Waals surface area contributed by atoms with Gasteiger partial charge in [0.25, 0.3) is 0 Å². The summed E-state index contributed by atoms with van der Waals surface area (Å²) >= 11 is 0. The molecule has 1 aromatic heterocycles. The number of guanidine groups is 1. The number of para-hydroxylation sites is 3. The van der Waals surface area contributed by atoms with E-state index in [9.17, 15) is 0 Å². The summed E-state index contributed by atoms with van der Waals surface area (Å²) in [5.41, 5.74) is 2.24. The van der Waals surface area contributed by atoms with Gasteiger partial charge in [0.15, 0.2) is 17.5 Å². The number of fused-ring (bicyclic) bond motifs is 1. The normalized spacial score (nSPS) is 12.6. The van der Waals surface area contributed by atoms with Gasteiger partial charge in [-0.15, -0.1) is 0 Å². The molecular formula is C21H26N4O2. The Labute approximate surface area is 159 Å². The fourth-order valence-corrected chi connectivity index (χ4v) is 2.84. The van der Waals surface area contributed by atoms with Crippen LogP contribution >= 0.6 is 0 Å². The van der Waals surface area contributed by atoms with Gasteiger partial charge in [0.1, 0.15) is 6.10 Å². The quantitative estimate of drug-likeness (QED) is 0.443. The smallest absolute Gasteiger partial charge is 0.191 e. The third kappa shape index (κ3) is 4.94. The van der Waals surface area contributed by atoms with Crippen LogP contribution < -0.4 is 20.1 Å². The van der Waals surface area contributed by atoms with E-state index in [2.05, 4.69) is 38.8 Å². The first-order valence-electron chi connectivity index (χ1n) is 9.00. The van der Waals surface area contributed by atoms with E-state index < -0.39 is 0 Å². The van der Waals surface area contributed by atoms with Crippen molar-refractivity contribution in [3.05, 3.63) is 60.3 Å². The number of methoxy groups -OCH3 is 1. The fourth-order valence-electron chi connectivity index (χ4n) is 2.84. The lowest BCUT2D eigenvalue weighted by molar-refractivity contribution is 0.213. The molecule has 0 radical (unpaired) electrons. The summed E-state index contributed by atoms with van der Waals surface area (Å²) in [4.78, 5) is 7.67. The number of nitrogens with one attached hydrogen (secondary N) is 3. The lowest BCUT2D eigenvalue weighted by Crippen LogP contribution is -2.41. The molecule has 27 heavy (non-hydrogen) atoms. The maximum Gasteiger partial charge on any atom is 0.191 e. The Balaban J connectivity index is 1.49. The molecule has 0 bridgehead atoms. The number of nitrogens with zero attached hydrogens (tertiary/aromatic N) is 1. The number of hydrogen-bond acceptors (Lipinski definition) is 3. The van der Waals surface area contributed by atoms with Gasteiger partial charge in [0.05, 0.1) is 20.2 Å². The Morgan fingerprint density at radius 2 is 1.81 bits per heavy atom. The number of H-pyrrole nitrogens is 1. The second-order valence-electron chi connectivity index (χ2n) is 6.27. The average molecular weight is 366 g/mol. The van der Waals surface area contributed by atoms with Crippen LogP contribution in [0.5, 0.6) is 11.5 Å². The highest BCUT2D eigenvalue weighted by atomic mass is 16.5. The molecule has 6 heteroatoms. The van der Waals surface area contributed by atoms with Crippen molar-refractivity contribution in [2.75, 3.05) is 20.7 Å². The second kappa shape index (κ2) is 8.98. The van der Waals surface area contributed by atoms with Crippen molar-refractivity contribution >= 4 is 16.9 Å². The molecule has 3 N–H and O–H groups in total. The number of aromatic amines is 1. The highest BCUT2D eigenvalue weighted by Gasteiger charge is 2.09.